The third-order valence-corrected chi connectivity index (χ3v) is 3.54. The number of amides is 1. The molecule has 3 aromatic carbocycles. The van der Waals surface area contributed by atoms with E-state index >= 15 is 0 Å². The molecule has 1 amide bonds. The summed E-state index contributed by atoms with van der Waals surface area (Å²) in [4.78, 5) is 12.1. The van der Waals surface area contributed by atoms with Gasteiger partial charge in [0, 0.05) is 11.6 Å². The average molecular weight is 339 g/mol. The molecule has 0 atom stereocenters. The van der Waals surface area contributed by atoms with E-state index in [4.69, 9.17) is 4.74 Å². The van der Waals surface area contributed by atoms with Crippen LogP contribution in [0.5, 0.6) is 5.75 Å². The summed E-state index contributed by atoms with van der Waals surface area (Å²) in [6.45, 7) is 0.418. The SMILES string of the molecule is O=C(Nc1cc(F)ccc1F)c1ccc(OCc2ccccc2)cc1. The summed E-state index contributed by atoms with van der Waals surface area (Å²) in [6, 6.07) is 19.0. The molecule has 25 heavy (non-hydrogen) atoms. The lowest BCUT2D eigenvalue weighted by molar-refractivity contribution is 0.102. The van der Waals surface area contributed by atoms with Crippen molar-refractivity contribution in [1.82, 2.24) is 0 Å². The quantitative estimate of drug-likeness (QED) is 0.725. The molecule has 0 aliphatic heterocycles. The predicted molar refractivity (Wildman–Crippen MR) is 91.5 cm³/mol. The van der Waals surface area contributed by atoms with Gasteiger partial charge in [0.15, 0.2) is 0 Å². The van der Waals surface area contributed by atoms with Gasteiger partial charge in [0.2, 0.25) is 0 Å². The summed E-state index contributed by atoms with van der Waals surface area (Å²) in [5.41, 5.74) is 1.15. The van der Waals surface area contributed by atoms with Gasteiger partial charge in [0.25, 0.3) is 5.91 Å². The van der Waals surface area contributed by atoms with Gasteiger partial charge in [0.05, 0.1) is 5.69 Å². The van der Waals surface area contributed by atoms with E-state index in [0.29, 0.717) is 17.9 Å². The minimum absolute atomic E-state index is 0.200. The van der Waals surface area contributed by atoms with Crippen LogP contribution in [0, 0.1) is 11.6 Å². The minimum Gasteiger partial charge on any atom is -0.489 e. The van der Waals surface area contributed by atoms with Crippen LogP contribution in [0.15, 0.2) is 72.8 Å². The first-order valence-electron chi connectivity index (χ1n) is 7.65. The number of rotatable bonds is 5. The Morgan fingerprint density at radius 1 is 0.920 bits per heavy atom. The van der Waals surface area contributed by atoms with Crippen molar-refractivity contribution in [1.29, 1.82) is 0 Å². The van der Waals surface area contributed by atoms with E-state index in [1.54, 1.807) is 24.3 Å². The molecule has 3 aromatic rings. The highest BCUT2D eigenvalue weighted by Crippen LogP contribution is 2.18. The van der Waals surface area contributed by atoms with Gasteiger partial charge in [-0.2, -0.15) is 0 Å². The van der Waals surface area contributed by atoms with Crippen molar-refractivity contribution in [3.8, 4) is 5.75 Å². The number of anilines is 1. The van der Waals surface area contributed by atoms with E-state index in [-0.39, 0.29) is 5.69 Å². The lowest BCUT2D eigenvalue weighted by atomic mass is 10.2. The lowest BCUT2D eigenvalue weighted by Gasteiger charge is -2.09. The smallest absolute Gasteiger partial charge is 0.255 e. The van der Waals surface area contributed by atoms with E-state index in [1.807, 2.05) is 30.3 Å². The van der Waals surface area contributed by atoms with Crippen LogP contribution in [0.1, 0.15) is 15.9 Å². The molecule has 0 bridgehead atoms. The van der Waals surface area contributed by atoms with Gasteiger partial charge in [-0.25, -0.2) is 8.78 Å². The zero-order chi connectivity index (χ0) is 17.6. The summed E-state index contributed by atoms with van der Waals surface area (Å²) in [5, 5.41) is 2.35. The fraction of sp³-hybridized carbons (Fsp3) is 0.0500. The van der Waals surface area contributed by atoms with Gasteiger partial charge in [-0.05, 0) is 42.0 Å². The Morgan fingerprint density at radius 2 is 1.64 bits per heavy atom. The van der Waals surface area contributed by atoms with Crippen LogP contribution in [0.3, 0.4) is 0 Å². The number of nitrogens with one attached hydrogen (secondary N) is 1. The number of carbonyl (C=O) groups is 1. The summed E-state index contributed by atoms with van der Waals surface area (Å²) < 4.78 is 32.4. The molecule has 0 aliphatic rings. The van der Waals surface area contributed by atoms with Crippen LogP contribution in [-0.2, 0) is 6.61 Å². The third-order valence-electron chi connectivity index (χ3n) is 3.54. The lowest BCUT2D eigenvalue weighted by Crippen LogP contribution is -2.13. The maximum atomic E-state index is 13.6. The summed E-state index contributed by atoms with van der Waals surface area (Å²) in [7, 11) is 0. The molecule has 0 fully saturated rings. The average Bonchev–Trinajstić information content (AvgIpc) is 2.64. The van der Waals surface area contributed by atoms with Gasteiger partial charge in [-0.3, -0.25) is 4.79 Å². The zero-order valence-electron chi connectivity index (χ0n) is 13.2. The Morgan fingerprint density at radius 3 is 2.36 bits per heavy atom. The van der Waals surface area contributed by atoms with E-state index in [1.165, 1.54) is 0 Å². The number of hydrogen-bond acceptors (Lipinski definition) is 2. The van der Waals surface area contributed by atoms with E-state index in [0.717, 1.165) is 23.8 Å². The van der Waals surface area contributed by atoms with Crippen LogP contribution in [0.25, 0.3) is 0 Å². The number of ether oxygens (including phenoxy) is 1. The van der Waals surface area contributed by atoms with Crippen LogP contribution < -0.4 is 10.1 Å². The van der Waals surface area contributed by atoms with Crippen LogP contribution >= 0.6 is 0 Å². The number of benzene rings is 3. The standard InChI is InChI=1S/C20H15F2NO2/c21-16-8-11-18(22)19(12-16)23-20(24)15-6-9-17(10-7-15)25-13-14-4-2-1-3-5-14/h1-12H,13H2,(H,23,24). The molecule has 0 saturated heterocycles. The largest absolute Gasteiger partial charge is 0.489 e. The second kappa shape index (κ2) is 7.57. The van der Waals surface area contributed by atoms with Crippen molar-refractivity contribution >= 4 is 11.6 Å². The number of carbonyl (C=O) groups excluding carboxylic acids is 1. The van der Waals surface area contributed by atoms with Gasteiger partial charge in [-0.15, -0.1) is 0 Å². The Labute approximate surface area is 143 Å². The molecule has 0 spiro atoms. The van der Waals surface area contributed by atoms with Crippen molar-refractivity contribution in [3.63, 3.8) is 0 Å². The van der Waals surface area contributed by atoms with Gasteiger partial charge in [-0.1, -0.05) is 30.3 Å². The highest BCUT2D eigenvalue weighted by atomic mass is 19.1. The van der Waals surface area contributed by atoms with E-state index < -0.39 is 17.5 Å². The van der Waals surface area contributed by atoms with Gasteiger partial charge >= 0.3 is 0 Å². The van der Waals surface area contributed by atoms with Crippen molar-refractivity contribution in [3.05, 3.63) is 95.6 Å². The molecule has 0 heterocycles. The molecule has 1 N–H and O–H groups in total. The number of hydrogen-bond donors (Lipinski definition) is 1. The first-order chi connectivity index (χ1) is 12.1. The Bertz CT molecular complexity index is 865. The topological polar surface area (TPSA) is 38.3 Å². The molecule has 3 rings (SSSR count). The molecule has 5 heteroatoms. The highest BCUT2D eigenvalue weighted by molar-refractivity contribution is 6.04. The zero-order valence-corrected chi connectivity index (χ0v) is 13.2. The Kier molecular flexibility index (Phi) is 5.04. The van der Waals surface area contributed by atoms with Crippen molar-refractivity contribution < 1.29 is 18.3 Å². The molecule has 0 aliphatic carbocycles. The highest BCUT2D eigenvalue weighted by Gasteiger charge is 2.10. The summed E-state index contributed by atoms with van der Waals surface area (Å²) in [6.07, 6.45) is 0. The molecule has 3 nitrogen and oxygen atoms in total. The predicted octanol–water partition coefficient (Wildman–Crippen LogP) is 4.80. The minimum atomic E-state index is -0.697. The normalized spacial score (nSPS) is 10.3. The van der Waals surface area contributed by atoms with E-state index in [2.05, 4.69) is 5.32 Å². The van der Waals surface area contributed by atoms with Crippen molar-refractivity contribution in [2.75, 3.05) is 5.32 Å². The van der Waals surface area contributed by atoms with Gasteiger partial charge in [0.1, 0.15) is 24.0 Å². The van der Waals surface area contributed by atoms with Gasteiger partial charge < -0.3 is 10.1 Å². The Balaban J connectivity index is 1.63. The third kappa shape index (κ3) is 4.41. The van der Waals surface area contributed by atoms with E-state index in [9.17, 15) is 13.6 Å². The summed E-state index contributed by atoms with van der Waals surface area (Å²) >= 11 is 0. The number of halogens is 2. The second-order valence-corrected chi connectivity index (χ2v) is 5.38. The fourth-order valence-corrected chi connectivity index (χ4v) is 2.23. The first-order valence-corrected chi connectivity index (χ1v) is 7.65. The van der Waals surface area contributed by atoms with Crippen molar-refractivity contribution in [2.24, 2.45) is 0 Å². The Hall–Kier alpha value is -3.21. The molecule has 0 aromatic heterocycles. The molecule has 0 unspecified atom stereocenters. The molecule has 0 saturated carbocycles. The molecule has 126 valence electrons. The second-order valence-electron chi connectivity index (χ2n) is 5.38. The van der Waals surface area contributed by atoms with Crippen molar-refractivity contribution in [2.45, 2.75) is 6.61 Å². The molecular weight excluding hydrogens is 324 g/mol. The summed E-state index contributed by atoms with van der Waals surface area (Å²) in [5.74, 6) is -1.24. The fourth-order valence-electron chi connectivity index (χ4n) is 2.23. The monoisotopic (exact) mass is 339 g/mol. The molecular formula is C20H15F2NO2. The maximum Gasteiger partial charge on any atom is 0.255 e. The first kappa shape index (κ1) is 16.6. The van der Waals surface area contributed by atoms with Crippen LogP contribution in [0.4, 0.5) is 14.5 Å². The maximum absolute atomic E-state index is 13.6. The van der Waals surface area contributed by atoms with Crippen LogP contribution in [0.2, 0.25) is 0 Å². The molecule has 0 radical (unpaired) electrons. The van der Waals surface area contributed by atoms with Crippen LogP contribution in [-0.4, -0.2) is 5.91 Å².